The monoisotopic (exact) mass is 203 g/mol. The number of hydrogen-bond donors (Lipinski definition) is 0. The first-order chi connectivity index (χ1) is 7.36. The van der Waals surface area contributed by atoms with Crippen molar-refractivity contribution in [3.05, 3.63) is 29.6 Å². The Balaban J connectivity index is 1.93. The first-order valence-electron chi connectivity index (χ1n) is 5.40. The molecule has 2 heterocycles. The van der Waals surface area contributed by atoms with Crippen LogP contribution >= 0.6 is 0 Å². The predicted molar refractivity (Wildman–Crippen MR) is 54.6 cm³/mol. The van der Waals surface area contributed by atoms with Gasteiger partial charge in [0.25, 0.3) is 0 Å². The number of rotatable bonds is 1. The lowest BCUT2D eigenvalue weighted by Gasteiger charge is -2.15. The van der Waals surface area contributed by atoms with Gasteiger partial charge in [-0.2, -0.15) is 0 Å². The number of ether oxygens (including phenoxy) is 1. The number of pyridine rings is 1. The van der Waals surface area contributed by atoms with Gasteiger partial charge < -0.3 is 4.74 Å². The van der Waals surface area contributed by atoms with Crippen LogP contribution in [0.25, 0.3) is 0 Å². The Kier molecular flexibility index (Phi) is 2.06. The number of aryl methyl sites for hydroxylation is 1. The second-order valence-electron chi connectivity index (χ2n) is 4.28. The average Bonchev–Trinajstić information content (AvgIpc) is 2.83. The molecule has 0 N–H and O–H groups in total. The molecule has 0 spiro atoms. The lowest BCUT2D eigenvalue weighted by atomic mass is 9.89. The normalized spacial score (nSPS) is 29.5. The predicted octanol–water partition coefficient (Wildman–Crippen LogP) is 1.33. The van der Waals surface area contributed by atoms with E-state index in [9.17, 15) is 4.79 Å². The van der Waals surface area contributed by atoms with Crippen molar-refractivity contribution in [2.45, 2.75) is 18.8 Å². The van der Waals surface area contributed by atoms with Crippen LogP contribution in [-0.2, 0) is 16.0 Å². The Morgan fingerprint density at radius 1 is 1.40 bits per heavy atom. The maximum absolute atomic E-state index is 11.6. The molecule has 1 aliphatic carbocycles. The Morgan fingerprint density at radius 2 is 2.33 bits per heavy atom. The van der Waals surface area contributed by atoms with Crippen LogP contribution in [0, 0.1) is 5.92 Å². The summed E-state index contributed by atoms with van der Waals surface area (Å²) < 4.78 is 5.22. The van der Waals surface area contributed by atoms with E-state index < -0.39 is 0 Å². The molecule has 0 saturated carbocycles. The Morgan fingerprint density at radius 3 is 3.13 bits per heavy atom. The van der Waals surface area contributed by atoms with E-state index in [0.29, 0.717) is 19.1 Å². The highest BCUT2D eigenvalue weighted by Gasteiger charge is 2.38. The molecule has 1 saturated heterocycles. The van der Waals surface area contributed by atoms with Gasteiger partial charge in [0.15, 0.2) is 5.78 Å². The van der Waals surface area contributed by atoms with Crippen LogP contribution in [0.15, 0.2) is 18.3 Å². The van der Waals surface area contributed by atoms with Crippen LogP contribution in [0.1, 0.15) is 23.6 Å². The molecule has 2 unspecified atom stereocenters. The van der Waals surface area contributed by atoms with Crippen molar-refractivity contribution in [1.82, 2.24) is 4.98 Å². The van der Waals surface area contributed by atoms with Crippen molar-refractivity contribution < 1.29 is 9.53 Å². The van der Waals surface area contributed by atoms with Crippen molar-refractivity contribution in [1.29, 1.82) is 0 Å². The zero-order chi connectivity index (χ0) is 10.3. The fraction of sp³-hybridized carbons (Fsp3) is 0.500. The van der Waals surface area contributed by atoms with Crippen molar-refractivity contribution in [2.75, 3.05) is 13.2 Å². The van der Waals surface area contributed by atoms with E-state index in [2.05, 4.69) is 11.1 Å². The van der Waals surface area contributed by atoms with Crippen LogP contribution in [0.2, 0.25) is 0 Å². The highest BCUT2D eigenvalue weighted by Crippen LogP contribution is 2.38. The minimum absolute atomic E-state index is 0.0566. The highest BCUT2D eigenvalue weighted by atomic mass is 16.5. The third kappa shape index (κ3) is 1.38. The average molecular weight is 203 g/mol. The molecule has 1 aromatic heterocycles. The number of carbonyl (C=O) groups is 1. The van der Waals surface area contributed by atoms with Gasteiger partial charge in [-0.3, -0.25) is 9.78 Å². The molecule has 78 valence electrons. The molecule has 1 aromatic rings. The molecule has 3 nitrogen and oxygen atoms in total. The van der Waals surface area contributed by atoms with E-state index in [4.69, 9.17) is 4.74 Å². The summed E-state index contributed by atoms with van der Waals surface area (Å²) in [6.07, 6.45) is 3.92. The van der Waals surface area contributed by atoms with Gasteiger partial charge in [-0.1, -0.05) is 6.07 Å². The summed E-state index contributed by atoms with van der Waals surface area (Å²) in [6.45, 7) is 0.878. The smallest absolute Gasteiger partial charge is 0.164 e. The molecule has 1 fully saturated rings. The third-order valence-electron chi connectivity index (χ3n) is 3.44. The molecule has 2 aliphatic rings. The summed E-state index contributed by atoms with van der Waals surface area (Å²) in [5, 5.41) is 0. The van der Waals surface area contributed by atoms with Gasteiger partial charge in [-0.25, -0.2) is 0 Å². The fourth-order valence-corrected chi connectivity index (χ4v) is 2.66. The number of nitrogens with zero attached hydrogens (tertiary/aromatic N) is 1. The van der Waals surface area contributed by atoms with Gasteiger partial charge in [0.2, 0.25) is 0 Å². The number of hydrogen-bond acceptors (Lipinski definition) is 3. The van der Waals surface area contributed by atoms with Crippen molar-refractivity contribution in [3.8, 4) is 0 Å². The van der Waals surface area contributed by atoms with Crippen LogP contribution in [-0.4, -0.2) is 24.0 Å². The van der Waals surface area contributed by atoms with Gasteiger partial charge in [0, 0.05) is 17.8 Å². The summed E-state index contributed by atoms with van der Waals surface area (Å²) in [7, 11) is 0. The molecular formula is C12H13NO2. The van der Waals surface area contributed by atoms with E-state index in [1.807, 2.05) is 12.3 Å². The molecule has 1 aliphatic heterocycles. The maximum Gasteiger partial charge on any atom is 0.164 e. The minimum Gasteiger partial charge on any atom is -0.373 e. The van der Waals surface area contributed by atoms with Crippen LogP contribution in [0.4, 0.5) is 0 Å². The lowest BCUT2D eigenvalue weighted by molar-refractivity contribution is -0.121. The number of fused-ring (bicyclic) bond motifs is 1. The lowest BCUT2D eigenvalue weighted by Crippen LogP contribution is -2.19. The largest absolute Gasteiger partial charge is 0.373 e. The van der Waals surface area contributed by atoms with E-state index >= 15 is 0 Å². The molecule has 15 heavy (non-hydrogen) atoms. The molecule has 0 bridgehead atoms. The molecule has 2 atom stereocenters. The Hall–Kier alpha value is -1.22. The second kappa shape index (κ2) is 3.42. The Labute approximate surface area is 88.5 Å². The summed E-state index contributed by atoms with van der Waals surface area (Å²) in [5.74, 6) is 0.607. The number of ketones is 1. The van der Waals surface area contributed by atoms with Gasteiger partial charge in [0.05, 0.1) is 12.5 Å². The second-order valence-corrected chi connectivity index (χ2v) is 4.28. The molecule has 0 aromatic carbocycles. The standard InChI is InChI=1S/C12H13NO2/c14-11-7-15-6-10(11)9-4-3-8-2-1-5-13-12(8)9/h1-2,5,9-10H,3-4,6-7H2. The van der Waals surface area contributed by atoms with Gasteiger partial charge in [-0.05, 0) is 24.5 Å². The summed E-state index contributed by atoms with van der Waals surface area (Å²) in [6, 6.07) is 4.08. The van der Waals surface area contributed by atoms with Gasteiger partial charge in [0.1, 0.15) is 6.61 Å². The molecule has 3 heteroatoms. The van der Waals surface area contributed by atoms with Gasteiger partial charge in [-0.15, -0.1) is 0 Å². The number of carbonyl (C=O) groups excluding carboxylic acids is 1. The van der Waals surface area contributed by atoms with E-state index in [0.717, 1.165) is 18.5 Å². The summed E-state index contributed by atoms with van der Waals surface area (Å²) in [5.41, 5.74) is 2.43. The van der Waals surface area contributed by atoms with Crippen molar-refractivity contribution in [3.63, 3.8) is 0 Å². The summed E-state index contributed by atoms with van der Waals surface area (Å²) >= 11 is 0. The van der Waals surface area contributed by atoms with E-state index in [1.54, 1.807) is 0 Å². The third-order valence-corrected chi connectivity index (χ3v) is 3.44. The summed E-state index contributed by atoms with van der Waals surface area (Å²) in [4.78, 5) is 16.0. The van der Waals surface area contributed by atoms with E-state index in [-0.39, 0.29) is 11.7 Å². The SMILES string of the molecule is O=C1COCC1C1CCc2cccnc21. The highest BCUT2D eigenvalue weighted by molar-refractivity contribution is 5.85. The zero-order valence-electron chi connectivity index (χ0n) is 8.48. The number of aromatic nitrogens is 1. The number of Topliss-reactive ketones (excluding diaryl/α,β-unsaturated/α-hetero) is 1. The topological polar surface area (TPSA) is 39.2 Å². The van der Waals surface area contributed by atoms with Crippen molar-refractivity contribution in [2.24, 2.45) is 5.92 Å². The minimum atomic E-state index is 0.0566. The van der Waals surface area contributed by atoms with Crippen LogP contribution < -0.4 is 0 Å². The van der Waals surface area contributed by atoms with E-state index in [1.165, 1.54) is 5.56 Å². The quantitative estimate of drug-likeness (QED) is 0.691. The van der Waals surface area contributed by atoms with Crippen LogP contribution in [0.5, 0.6) is 0 Å². The molecule has 0 amide bonds. The first-order valence-corrected chi connectivity index (χ1v) is 5.40. The van der Waals surface area contributed by atoms with Crippen molar-refractivity contribution >= 4 is 5.78 Å². The Bertz CT molecular complexity index is 402. The molecule has 3 rings (SSSR count). The fourth-order valence-electron chi connectivity index (χ4n) is 2.66. The first kappa shape index (κ1) is 9.04. The van der Waals surface area contributed by atoms with Crippen LogP contribution in [0.3, 0.4) is 0 Å². The molecule has 0 radical (unpaired) electrons. The van der Waals surface area contributed by atoms with Gasteiger partial charge >= 0.3 is 0 Å². The zero-order valence-corrected chi connectivity index (χ0v) is 8.48. The molecular weight excluding hydrogens is 190 g/mol. The maximum atomic E-state index is 11.6.